The van der Waals surface area contributed by atoms with Gasteiger partial charge in [-0.3, -0.25) is 0 Å². The largest absolute Gasteiger partial charge is 0.316 e. The third kappa shape index (κ3) is 2.89. The molecule has 3 nitrogen and oxygen atoms in total. The summed E-state index contributed by atoms with van der Waals surface area (Å²) >= 11 is 6.28. The van der Waals surface area contributed by atoms with Gasteiger partial charge < -0.3 is 5.32 Å². The molecule has 0 aliphatic heterocycles. The zero-order chi connectivity index (χ0) is 14.7. The Balaban J connectivity index is 2.41. The number of likely N-dealkylation sites (N-methyl/N-ethyl adjacent to an activating group) is 1. The van der Waals surface area contributed by atoms with Crippen LogP contribution in [0.25, 0.3) is 5.69 Å². The number of nitrogens with one attached hydrogen (secondary N) is 1. The molecule has 0 fully saturated rings. The lowest BCUT2D eigenvalue weighted by atomic mass is 9.99. The molecule has 1 atom stereocenters. The van der Waals surface area contributed by atoms with Crippen LogP contribution in [0.2, 0.25) is 5.02 Å². The zero-order valence-corrected chi connectivity index (χ0v) is 13.3. The minimum Gasteiger partial charge on any atom is -0.316 e. The third-order valence-corrected chi connectivity index (χ3v) is 3.94. The van der Waals surface area contributed by atoms with Crippen molar-refractivity contribution in [3.8, 4) is 5.69 Å². The van der Waals surface area contributed by atoms with Crippen molar-refractivity contribution in [3.05, 3.63) is 46.2 Å². The van der Waals surface area contributed by atoms with Crippen molar-refractivity contribution >= 4 is 11.6 Å². The van der Waals surface area contributed by atoms with Crippen molar-refractivity contribution in [2.45, 2.75) is 33.6 Å². The lowest BCUT2D eigenvalue weighted by molar-refractivity contribution is 0.630. The molecular formula is C16H22ClN3. The molecule has 0 saturated carbocycles. The summed E-state index contributed by atoms with van der Waals surface area (Å²) in [5.74, 6) is 0.436. The molecule has 1 heterocycles. The van der Waals surface area contributed by atoms with Crippen molar-refractivity contribution in [1.82, 2.24) is 15.1 Å². The highest BCUT2D eigenvalue weighted by Gasteiger charge is 2.18. The fourth-order valence-corrected chi connectivity index (χ4v) is 2.90. The molecule has 4 heteroatoms. The number of aromatic nitrogens is 2. The van der Waals surface area contributed by atoms with Crippen LogP contribution in [0.15, 0.2) is 24.3 Å². The Kier molecular flexibility index (Phi) is 4.84. The van der Waals surface area contributed by atoms with Gasteiger partial charge in [0.15, 0.2) is 0 Å². The van der Waals surface area contributed by atoms with Crippen molar-refractivity contribution in [2.75, 3.05) is 13.1 Å². The van der Waals surface area contributed by atoms with E-state index in [-0.39, 0.29) is 0 Å². The molecule has 0 amide bonds. The Morgan fingerprint density at radius 3 is 2.65 bits per heavy atom. The van der Waals surface area contributed by atoms with E-state index in [1.54, 1.807) is 0 Å². The molecule has 20 heavy (non-hydrogen) atoms. The fraction of sp³-hybridized carbons (Fsp3) is 0.438. The number of hydrogen-bond acceptors (Lipinski definition) is 2. The minimum absolute atomic E-state index is 0.436. The lowest BCUT2D eigenvalue weighted by Gasteiger charge is -2.13. The van der Waals surface area contributed by atoms with Crippen LogP contribution in [0.3, 0.4) is 0 Å². The molecule has 0 radical (unpaired) electrons. The first-order chi connectivity index (χ1) is 9.56. The second kappa shape index (κ2) is 6.42. The quantitative estimate of drug-likeness (QED) is 0.907. The Bertz CT molecular complexity index is 589. The Labute approximate surface area is 126 Å². The second-order valence-electron chi connectivity index (χ2n) is 5.16. The maximum atomic E-state index is 6.28. The maximum Gasteiger partial charge on any atom is 0.0835 e. The summed E-state index contributed by atoms with van der Waals surface area (Å²) in [6.07, 6.45) is 0. The molecule has 108 valence electrons. The van der Waals surface area contributed by atoms with E-state index >= 15 is 0 Å². The van der Waals surface area contributed by atoms with E-state index in [2.05, 4.69) is 38.1 Å². The average molecular weight is 292 g/mol. The van der Waals surface area contributed by atoms with Gasteiger partial charge in [-0.2, -0.15) is 5.10 Å². The van der Waals surface area contributed by atoms with Gasteiger partial charge in [0.1, 0.15) is 0 Å². The van der Waals surface area contributed by atoms with Gasteiger partial charge in [-0.15, -0.1) is 0 Å². The molecule has 1 aromatic carbocycles. The monoisotopic (exact) mass is 291 g/mol. The summed E-state index contributed by atoms with van der Waals surface area (Å²) in [5, 5.41) is 8.80. The molecule has 0 bridgehead atoms. The highest BCUT2D eigenvalue weighted by molar-refractivity contribution is 6.32. The van der Waals surface area contributed by atoms with E-state index in [9.17, 15) is 0 Å². The lowest BCUT2D eigenvalue weighted by Crippen LogP contribution is -2.20. The molecule has 2 rings (SSSR count). The zero-order valence-electron chi connectivity index (χ0n) is 12.6. The molecule has 2 aromatic rings. The first-order valence-corrected chi connectivity index (χ1v) is 7.45. The van der Waals surface area contributed by atoms with E-state index in [1.807, 2.05) is 28.9 Å². The first-order valence-electron chi connectivity index (χ1n) is 7.08. The molecule has 0 spiro atoms. The van der Waals surface area contributed by atoms with Crippen LogP contribution in [-0.2, 0) is 0 Å². The number of nitrogens with zero attached hydrogens (tertiary/aromatic N) is 2. The Morgan fingerprint density at radius 2 is 2.00 bits per heavy atom. The van der Waals surface area contributed by atoms with Crippen molar-refractivity contribution in [3.63, 3.8) is 0 Å². The first kappa shape index (κ1) is 15.1. The van der Waals surface area contributed by atoms with Gasteiger partial charge in [-0.05, 0) is 38.4 Å². The van der Waals surface area contributed by atoms with E-state index in [0.29, 0.717) is 5.92 Å². The van der Waals surface area contributed by atoms with Crippen molar-refractivity contribution in [2.24, 2.45) is 0 Å². The molecule has 0 saturated heterocycles. The normalized spacial score (nSPS) is 12.7. The van der Waals surface area contributed by atoms with Crippen LogP contribution < -0.4 is 5.32 Å². The van der Waals surface area contributed by atoms with Gasteiger partial charge >= 0.3 is 0 Å². The van der Waals surface area contributed by atoms with Crippen LogP contribution in [0.1, 0.15) is 36.7 Å². The van der Waals surface area contributed by atoms with Gasteiger partial charge in [0.25, 0.3) is 0 Å². The molecule has 1 aromatic heterocycles. The molecule has 1 N–H and O–H groups in total. The summed E-state index contributed by atoms with van der Waals surface area (Å²) in [4.78, 5) is 0. The minimum atomic E-state index is 0.436. The second-order valence-corrected chi connectivity index (χ2v) is 5.56. The molecule has 0 aliphatic carbocycles. The summed E-state index contributed by atoms with van der Waals surface area (Å²) < 4.78 is 1.95. The Morgan fingerprint density at radius 1 is 1.30 bits per heavy atom. The predicted molar refractivity (Wildman–Crippen MR) is 85.0 cm³/mol. The van der Waals surface area contributed by atoms with Crippen molar-refractivity contribution < 1.29 is 0 Å². The average Bonchev–Trinajstić information content (AvgIpc) is 2.72. The number of benzene rings is 1. The Hall–Kier alpha value is -1.32. The SMILES string of the molecule is CCNCC(C)c1c(C)nn(-c2ccccc2Cl)c1C. The third-order valence-electron chi connectivity index (χ3n) is 3.62. The van der Waals surface area contributed by atoms with Gasteiger partial charge in [0, 0.05) is 17.8 Å². The van der Waals surface area contributed by atoms with Crippen LogP contribution in [0, 0.1) is 13.8 Å². The van der Waals surface area contributed by atoms with E-state index in [0.717, 1.165) is 29.5 Å². The number of para-hydroxylation sites is 1. The molecule has 0 aliphatic rings. The van der Waals surface area contributed by atoms with Crippen LogP contribution in [-0.4, -0.2) is 22.9 Å². The predicted octanol–water partition coefficient (Wildman–Crippen LogP) is 3.86. The number of hydrogen-bond donors (Lipinski definition) is 1. The maximum absolute atomic E-state index is 6.28. The number of rotatable bonds is 5. The van der Waals surface area contributed by atoms with Gasteiger partial charge in [0.05, 0.1) is 16.4 Å². The smallest absolute Gasteiger partial charge is 0.0835 e. The highest BCUT2D eigenvalue weighted by atomic mass is 35.5. The molecule has 1 unspecified atom stereocenters. The van der Waals surface area contributed by atoms with Crippen LogP contribution in [0.4, 0.5) is 0 Å². The van der Waals surface area contributed by atoms with Crippen LogP contribution >= 0.6 is 11.6 Å². The summed E-state index contributed by atoms with van der Waals surface area (Å²) in [6.45, 7) is 10.5. The molecular weight excluding hydrogens is 270 g/mol. The number of aryl methyl sites for hydroxylation is 1. The standard InChI is InChI=1S/C16H22ClN3/c1-5-18-10-11(2)16-12(3)19-20(13(16)4)15-9-7-6-8-14(15)17/h6-9,11,18H,5,10H2,1-4H3. The van der Waals surface area contributed by atoms with E-state index < -0.39 is 0 Å². The highest BCUT2D eigenvalue weighted by Crippen LogP contribution is 2.27. The van der Waals surface area contributed by atoms with Gasteiger partial charge in [-0.25, -0.2) is 4.68 Å². The van der Waals surface area contributed by atoms with E-state index in [4.69, 9.17) is 11.6 Å². The van der Waals surface area contributed by atoms with Gasteiger partial charge in [-0.1, -0.05) is 37.6 Å². The van der Waals surface area contributed by atoms with Gasteiger partial charge in [0.2, 0.25) is 0 Å². The fourth-order valence-electron chi connectivity index (χ4n) is 2.69. The topological polar surface area (TPSA) is 29.9 Å². The van der Waals surface area contributed by atoms with Crippen molar-refractivity contribution in [1.29, 1.82) is 0 Å². The summed E-state index contributed by atoms with van der Waals surface area (Å²) in [6, 6.07) is 7.82. The van der Waals surface area contributed by atoms with Crippen LogP contribution in [0.5, 0.6) is 0 Å². The van der Waals surface area contributed by atoms with E-state index in [1.165, 1.54) is 11.3 Å². The summed E-state index contributed by atoms with van der Waals surface area (Å²) in [7, 11) is 0. The number of halogens is 1. The summed E-state index contributed by atoms with van der Waals surface area (Å²) in [5.41, 5.74) is 4.50.